The molecule has 0 saturated heterocycles. The average molecular weight is 434 g/mol. The summed E-state index contributed by atoms with van der Waals surface area (Å²) < 4.78 is 3.72. The highest BCUT2D eigenvalue weighted by Gasteiger charge is 2.29. The second kappa shape index (κ2) is 8.64. The van der Waals surface area contributed by atoms with E-state index in [1.165, 1.54) is 0 Å². The lowest BCUT2D eigenvalue weighted by atomic mass is 10.0. The van der Waals surface area contributed by atoms with Crippen LogP contribution in [0.25, 0.3) is 5.69 Å². The van der Waals surface area contributed by atoms with Gasteiger partial charge in [-0.05, 0) is 42.3 Å². The van der Waals surface area contributed by atoms with Crippen LogP contribution in [0.5, 0.6) is 0 Å². The molecule has 2 heterocycles. The molecule has 1 aliphatic rings. The van der Waals surface area contributed by atoms with Crippen LogP contribution >= 0.6 is 0 Å². The molecule has 0 aliphatic carbocycles. The van der Waals surface area contributed by atoms with E-state index in [-0.39, 0.29) is 11.5 Å². The first-order valence-corrected chi connectivity index (χ1v) is 10.9. The molecule has 162 valence electrons. The molecule has 0 bridgehead atoms. The summed E-state index contributed by atoms with van der Waals surface area (Å²) in [6.45, 7) is 1.32. The minimum absolute atomic E-state index is 0.0364. The Kier molecular flexibility index (Phi) is 5.37. The van der Waals surface area contributed by atoms with Gasteiger partial charge < -0.3 is 4.90 Å². The van der Waals surface area contributed by atoms with Gasteiger partial charge in [-0.15, -0.1) is 0 Å². The molecule has 0 spiro atoms. The molecule has 0 fully saturated rings. The van der Waals surface area contributed by atoms with E-state index in [2.05, 4.69) is 6.07 Å². The van der Waals surface area contributed by atoms with Crippen LogP contribution in [-0.4, -0.2) is 26.7 Å². The maximum absolute atomic E-state index is 13.5. The monoisotopic (exact) mass is 434 g/mol. The van der Waals surface area contributed by atoms with Crippen molar-refractivity contribution in [2.45, 2.75) is 19.5 Å². The molecule has 1 aromatic heterocycles. The number of carbonyl (C=O) groups is 1. The number of aromatic nitrogens is 2. The van der Waals surface area contributed by atoms with Gasteiger partial charge in [0.25, 0.3) is 11.5 Å². The fraction of sp³-hybridized carbons (Fsp3) is 0.148. The van der Waals surface area contributed by atoms with Gasteiger partial charge in [-0.25, -0.2) is 4.68 Å². The van der Waals surface area contributed by atoms with Crippen molar-refractivity contribution in [1.29, 1.82) is 5.26 Å². The third-order valence-electron chi connectivity index (χ3n) is 6.03. The molecule has 0 N–H and O–H groups in total. The van der Waals surface area contributed by atoms with E-state index in [9.17, 15) is 14.9 Å². The van der Waals surface area contributed by atoms with Crippen LogP contribution < -0.4 is 5.56 Å². The van der Waals surface area contributed by atoms with Crippen LogP contribution in [0.2, 0.25) is 0 Å². The lowest BCUT2D eigenvalue weighted by Crippen LogP contribution is -2.37. The normalized spacial score (nSPS) is 12.8. The number of nitriles is 1. The fourth-order valence-electron chi connectivity index (χ4n) is 4.40. The zero-order valence-corrected chi connectivity index (χ0v) is 18.0. The maximum Gasteiger partial charge on any atom is 0.275 e. The Morgan fingerprint density at radius 2 is 1.67 bits per heavy atom. The Labute approximate surface area is 191 Å². The summed E-state index contributed by atoms with van der Waals surface area (Å²) in [6.07, 6.45) is 0.493. The zero-order chi connectivity index (χ0) is 22.8. The van der Waals surface area contributed by atoms with Crippen molar-refractivity contribution in [2.75, 3.05) is 6.54 Å². The third-order valence-corrected chi connectivity index (χ3v) is 6.03. The van der Waals surface area contributed by atoms with Crippen LogP contribution in [0.3, 0.4) is 0 Å². The summed E-state index contributed by atoms with van der Waals surface area (Å²) in [6, 6.07) is 28.4. The number of nitrogens with zero attached hydrogens (tertiary/aromatic N) is 4. The van der Waals surface area contributed by atoms with Gasteiger partial charge in [-0.2, -0.15) is 5.26 Å². The number of para-hydroxylation sites is 1. The van der Waals surface area contributed by atoms with Gasteiger partial charge >= 0.3 is 0 Å². The van der Waals surface area contributed by atoms with Crippen molar-refractivity contribution >= 4 is 5.91 Å². The highest BCUT2D eigenvalue weighted by molar-refractivity contribution is 5.94. The molecule has 3 aromatic carbocycles. The SMILES string of the molecule is N#Cc1cccc(C(=O)N2CCc3c(n(Cc4ccccc4)n(-c4ccccc4)c3=O)C2)c1. The molecule has 0 unspecified atom stereocenters. The lowest BCUT2D eigenvalue weighted by molar-refractivity contribution is 0.0729. The van der Waals surface area contributed by atoms with E-state index in [0.29, 0.717) is 37.2 Å². The van der Waals surface area contributed by atoms with Gasteiger partial charge in [-0.3, -0.25) is 14.3 Å². The standard InChI is InChI=1S/C27H22N4O2/c28-17-21-10-7-11-22(16-21)26(32)29-15-14-24-25(19-29)30(18-20-8-3-1-4-9-20)31(27(24)33)23-12-5-2-6-13-23/h1-13,16H,14-15,18-19H2. The first-order chi connectivity index (χ1) is 16.2. The number of amides is 1. The lowest BCUT2D eigenvalue weighted by Gasteiger charge is -2.28. The van der Waals surface area contributed by atoms with E-state index in [1.54, 1.807) is 33.8 Å². The number of fused-ring (bicyclic) bond motifs is 1. The van der Waals surface area contributed by atoms with Gasteiger partial charge in [-0.1, -0.05) is 54.6 Å². The quantitative estimate of drug-likeness (QED) is 0.491. The Morgan fingerprint density at radius 1 is 0.939 bits per heavy atom. The van der Waals surface area contributed by atoms with Crippen LogP contribution in [0.4, 0.5) is 0 Å². The Bertz CT molecular complexity index is 1410. The highest BCUT2D eigenvalue weighted by atomic mass is 16.2. The molecule has 4 aromatic rings. The van der Waals surface area contributed by atoms with Gasteiger partial charge in [0, 0.05) is 17.7 Å². The number of carbonyl (C=O) groups excluding carboxylic acids is 1. The fourth-order valence-corrected chi connectivity index (χ4v) is 4.40. The van der Waals surface area contributed by atoms with Crippen molar-refractivity contribution in [1.82, 2.24) is 14.3 Å². The summed E-state index contributed by atoms with van der Waals surface area (Å²) in [5, 5.41) is 9.19. The van der Waals surface area contributed by atoms with E-state index in [0.717, 1.165) is 22.5 Å². The van der Waals surface area contributed by atoms with Crippen LogP contribution in [0.15, 0.2) is 89.7 Å². The molecule has 1 amide bonds. The van der Waals surface area contributed by atoms with Crippen LogP contribution in [0, 0.1) is 11.3 Å². The number of benzene rings is 3. The average Bonchev–Trinajstić information content (AvgIpc) is 3.15. The van der Waals surface area contributed by atoms with Crippen molar-refractivity contribution in [3.63, 3.8) is 0 Å². The van der Waals surface area contributed by atoms with E-state index in [4.69, 9.17) is 0 Å². The summed E-state index contributed by atoms with van der Waals surface area (Å²) in [4.78, 5) is 28.4. The molecule has 0 atom stereocenters. The Hall–Kier alpha value is -4.37. The van der Waals surface area contributed by atoms with Gasteiger partial charge in [0.15, 0.2) is 0 Å². The maximum atomic E-state index is 13.5. The smallest absolute Gasteiger partial charge is 0.275 e. The van der Waals surface area contributed by atoms with Crippen LogP contribution in [0.1, 0.15) is 32.7 Å². The van der Waals surface area contributed by atoms with Crippen molar-refractivity contribution in [3.05, 3.63) is 123 Å². The van der Waals surface area contributed by atoms with Crippen molar-refractivity contribution in [2.24, 2.45) is 0 Å². The predicted octanol–water partition coefficient (Wildman–Crippen LogP) is 3.76. The molecule has 1 aliphatic heterocycles. The minimum atomic E-state index is -0.135. The van der Waals surface area contributed by atoms with Crippen molar-refractivity contribution in [3.8, 4) is 11.8 Å². The highest BCUT2D eigenvalue weighted by Crippen LogP contribution is 2.22. The third kappa shape index (κ3) is 3.85. The molecule has 6 nitrogen and oxygen atoms in total. The summed E-state index contributed by atoms with van der Waals surface area (Å²) >= 11 is 0. The van der Waals surface area contributed by atoms with E-state index < -0.39 is 0 Å². The van der Waals surface area contributed by atoms with E-state index in [1.807, 2.05) is 65.3 Å². The molecular weight excluding hydrogens is 412 g/mol. The number of hydrogen-bond donors (Lipinski definition) is 0. The molecule has 33 heavy (non-hydrogen) atoms. The van der Waals surface area contributed by atoms with Crippen LogP contribution in [-0.2, 0) is 19.5 Å². The van der Waals surface area contributed by atoms with Crippen molar-refractivity contribution < 1.29 is 4.79 Å². The molecule has 0 radical (unpaired) electrons. The largest absolute Gasteiger partial charge is 0.332 e. The summed E-state index contributed by atoms with van der Waals surface area (Å²) in [5.41, 5.74) is 4.38. The van der Waals surface area contributed by atoms with E-state index >= 15 is 0 Å². The molecule has 6 heteroatoms. The molecule has 5 rings (SSSR count). The summed E-state index contributed by atoms with van der Waals surface area (Å²) in [5.74, 6) is -0.135. The minimum Gasteiger partial charge on any atom is -0.332 e. The second-order valence-electron chi connectivity index (χ2n) is 8.09. The first-order valence-electron chi connectivity index (χ1n) is 10.9. The summed E-state index contributed by atoms with van der Waals surface area (Å²) in [7, 11) is 0. The predicted molar refractivity (Wildman–Crippen MR) is 125 cm³/mol. The number of rotatable bonds is 4. The molecule has 0 saturated carbocycles. The Balaban J connectivity index is 1.57. The zero-order valence-electron chi connectivity index (χ0n) is 18.0. The Morgan fingerprint density at radius 3 is 2.39 bits per heavy atom. The van der Waals surface area contributed by atoms with Gasteiger partial charge in [0.1, 0.15) is 0 Å². The number of hydrogen-bond acceptors (Lipinski definition) is 3. The van der Waals surface area contributed by atoms with Gasteiger partial charge in [0.2, 0.25) is 0 Å². The van der Waals surface area contributed by atoms with Gasteiger partial charge in [0.05, 0.1) is 36.1 Å². The second-order valence-corrected chi connectivity index (χ2v) is 8.09. The first kappa shape index (κ1) is 20.5. The molecular formula is C27H22N4O2. The topological polar surface area (TPSA) is 71.0 Å².